The third-order valence-electron chi connectivity index (χ3n) is 2.92. The molecule has 0 aromatic heterocycles. The van der Waals surface area contributed by atoms with E-state index in [2.05, 4.69) is 17.2 Å². The number of nitro groups is 1. The minimum Gasteiger partial charge on any atom is -0.479 e. The Bertz CT molecular complexity index is 811. The number of amides is 1. The van der Waals surface area contributed by atoms with Crippen LogP contribution in [0.3, 0.4) is 0 Å². The Balaban J connectivity index is 1.80. The molecule has 1 amide bonds. The maximum atomic E-state index is 11.9. The van der Waals surface area contributed by atoms with Gasteiger partial charge >= 0.3 is 0 Å². The fourth-order valence-electron chi connectivity index (χ4n) is 1.78. The zero-order chi connectivity index (χ0) is 17.4. The number of halogens is 1. The number of hydrogen-bond donors (Lipinski definition) is 1. The molecule has 0 aliphatic heterocycles. The number of nitrogens with zero attached hydrogens (tertiary/aromatic N) is 1. The zero-order valence-corrected chi connectivity index (χ0v) is 13.2. The number of nitro benzene ring substituents is 1. The summed E-state index contributed by atoms with van der Waals surface area (Å²) in [7, 11) is 0. The van der Waals surface area contributed by atoms with Gasteiger partial charge in [-0.2, -0.15) is 0 Å². The lowest BCUT2D eigenvalue weighted by atomic mass is 10.2. The van der Waals surface area contributed by atoms with E-state index in [0.717, 1.165) is 0 Å². The lowest BCUT2D eigenvalue weighted by Gasteiger charge is -2.03. The standard InChI is InChI=1S/C17H13ClN2O4/c18-15-8-1-2-9-16(15)24-11-4-3-10-19-17(21)13-6-5-7-14(12-13)20(22)23/h1-2,5-9,12H,10-11H2,(H,19,21). The molecule has 0 heterocycles. The summed E-state index contributed by atoms with van der Waals surface area (Å²) in [6.45, 7) is 0.240. The first-order valence-electron chi connectivity index (χ1n) is 6.93. The fraction of sp³-hybridized carbons (Fsp3) is 0.118. The number of carbonyl (C=O) groups is 1. The third kappa shape index (κ3) is 5.00. The maximum Gasteiger partial charge on any atom is 0.270 e. The van der Waals surface area contributed by atoms with Crippen molar-refractivity contribution in [1.82, 2.24) is 5.32 Å². The van der Waals surface area contributed by atoms with Crippen LogP contribution in [-0.4, -0.2) is 24.0 Å². The van der Waals surface area contributed by atoms with Crippen LogP contribution in [0.15, 0.2) is 48.5 Å². The van der Waals surface area contributed by atoms with Crippen molar-refractivity contribution in [2.45, 2.75) is 0 Å². The molecular formula is C17H13ClN2O4. The Morgan fingerprint density at radius 2 is 2.00 bits per heavy atom. The molecular weight excluding hydrogens is 332 g/mol. The van der Waals surface area contributed by atoms with Gasteiger partial charge in [0, 0.05) is 17.7 Å². The van der Waals surface area contributed by atoms with E-state index in [-0.39, 0.29) is 24.4 Å². The van der Waals surface area contributed by atoms with Gasteiger partial charge in [0.25, 0.3) is 11.6 Å². The molecule has 0 saturated carbocycles. The molecule has 0 unspecified atom stereocenters. The molecule has 0 radical (unpaired) electrons. The molecule has 2 rings (SSSR count). The Kier molecular flexibility index (Phi) is 6.17. The smallest absolute Gasteiger partial charge is 0.270 e. The number of rotatable bonds is 5. The summed E-state index contributed by atoms with van der Waals surface area (Å²) in [6.07, 6.45) is 0. The molecule has 6 nitrogen and oxygen atoms in total. The Labute approximate surface area is 143 Å². The average Bonchev–Trinajstić information content (AvgIpc) is 2.59. The van der Waals surface area contributed by atoms with Gasteiger partial charge in [0.05, 0.1) is 16.5 Å². The molecule has 24 heavy (non-hydrogen) atoms. The molecule has 1 N–H and O–H groups in total. The molecule has 122 valence electrons. The van der Waals surface area contributed by atoms with Crippen molar-refractivity contribution >= 4 is 23.2 Å². The minimum atomic E-state index is -0.553. The summed E-state index contributed by atoms with van der Waals surface area (Å²) in [5, 5.41) is 13.7. The van der Waals surface area contributed by atoms with E-state index in [1.807, 2.05) is 0 Å². The largest absolute Gasteiger partial charge is 0.479 e. The Morgan fingerprint density at radius 3 is 2.75 bits per heavy atom. The van der Waals surface area contributed by atoms with Crippen LogP contribution in [0.5, 0.6) is 5.75 Å². The minimum absolute atomic E-state index is 0.105. The summed E-state index contributed by atoms with van der Waals surface area (Å²) in [5.41, 5.74) is 0.0696. The summed E-state index contributed by atoms with van der Waals surface area (Å²) in [4.78, 5) is 22.0. The quantitative estimate of drug-likeness (QED) is 0.513. The number of nitrogens with one attached hydrogen (secondary N) is 1. The second-order valence-electron chi connectivity index (χ2n) is 4.56. The predicted molar refractivity (Wildman–Crippen MR) is 90.2 cm³/mol. The van der Waals surface area contributed by atoms with Gasteiger partial charge in [0.1, 0.15) is 12.4 Å². The average molecular weight is 345 g/mol. The van der Waals surface area contributed by atoms with Gasteiger partial charge in [-0.05, 0) is 18.2 Å². The van der Waals surface area contributed by atoms with Crippen LogP contribution < -0.4 is 10.1 Å². The van der Waals surface area contributed by atoms with Crippen LogP contribution in [0.1, 0.15) is 10.4 Å². The normalized spacial score (nSPS) is 9.54. The van der Waals surface area contributed by atoms with Gasteiger partial charge in [-0.1, -0.05) is 41.6 Å². The maximum absolute atomic E-state index is 11.9. The van der Waals surface area contributed by atoms with Crippen molar-refractivity contribution < 1.29 is 14.5 Å². The molecule has 0 aliphatic rings. The highest BCUT2D eigenvalue weighted by atomic mass is 35.5. The number of ether oxygens (including phenoxy) is 1. The van der Waals surface area contributed by atoms with Crippen molar-refractivity contribution in [3.63, 3.8) is 0 Å². The number of benzene rings is 2. The molecule has 0 bridgehead atoms. The van der Waals surface area contributed by atoms with Gasteiger partial charge in [-0.25, -0.2) is 0 Å². The summed E-state index contributed by atoms with van der Waals surface area (Å²) >= 11 is 5.93. The first-order chi connectivity index (χ1) is 11.6. The monoisotopic (exact) mass is 344 g/mol. The van der Waals surface area contributed by atoms with Crippen LogP contribution in [0, 0.1) is 22.0 Å². The molecule has 2 aromatic rings. The topological polar surface area (TPSA) is 81.5 Å². The van der Waals surface area contributed by atoms with Crippen molar-refractivity contribution in [3.05, 3.63) is 69.2 Å². The number of carbonyl (C=O) groups excluding carboxylic acids is 1. The Morgan fingerprint density at radius 1 is 1.21 bits per heavy atom. The van der Waals surface area contributed by atoms with Gasteiger partial charge in [0.2, 0.25) is 0 Å². The van der Waals surface area contributed by atoms with E-state index < -0.39 is 10.8 Å². The molecule has 0 atom stereocenters. The summed E-state index contributed by atoms with van der Waals surface area (Å²) < 4.78 is 5.38. The van der Waals surface area contributed by atoms with Crippen LogP contribution in [0.4, 0.5) is 5.69 Å². The van der Waals surface area contributed by atoms with Crippen LogP contribution in [0.25, 0.3) is 0 Å². The number of hydrogen-bond acceptors (Lipinski definition) is 4. The highest BCUT2D eigenvalue weighted by molar-refractivity contribution is 6.32. The van der Waals surface area contributed by atoms with Gasteiger partial charge in [0.15, 0.2) is 0 Å². The lowest BCUT2D eigenvalue weighted by molar-refractivity contribution is -0.384. The molecule has 0 fully saturated rings. The Hall–Kier alpha value is -3.04. The van der Waals surface area contributed by atoms with Crippen molar-refractivity contribution in [3.8, 4) is 17.6 Å². The molecule has 0 spiro atoms. The molecule has 2 aromatic carbocycles. The van der Waals surface area contributed by atoms with E-state index in [0.29, 0.717) is 10.8 Å². The highest BCUT2D eigenvalue weighted by Crippen LogP contribution is 2.22. The van der Waals surface area contributed by atoms with Crippen LogP contribution in [-0.2, 0) is 0 Å². The number of para-hydroxylation sites is 1. The highest BCUT2D eigenvalue weighted by Gasteiger charge is 2.10. The van der Waals surface area contributed by atoms with E-state index >= 15 is 0 Å². The van der Waals surface area contributed by atoms with Crippen LogP contribution >= 0.6 is 11.6 Å². The SMILES string of the molecule is O=C(NCC#CCOc1ccccc1Cl)c1cccc([N+](=O)[O-])c1. The van der Waals surface area contributed by atoms with Gasteiger partial charge in [-0.15, -0.1) is 0 Å². The van der Waals surface area contributed by atoms with Gasteiger partial charge < -0.3 is 10.1 Å². The first-order valence-corrected chi connectivity index (χ1v) is 7.31. The predicted octanol–water partition coefficient (Wildman–Crippen LogP) is 3.06. The van der Waals surface area contributed by atoms with Crippen molar-refractivity contribution in [2.75, 3.05) is 13.2 Å². The van der Waals surface area contributed by atoms with Gasteiger partial charge in [-0.3, -0.25) is 14.9 Å². The van der Waals surface area contributed by atoms with E-state index in [1.165, 1.54) is 24.3 Å². The first kappa shape index (κ1) is 17.3. The van der Waals surface area contributed by atoms with E-state index in [4.69, 9.17) is 16.3 Å². The summed E-state index contributed by atoms with van der Waals surface area (Å²) in [6, 6.07) is 12.5. The molecule has 0 aliphatic carbocycles. The lowest BCUT2D eigenvalue weighted by Crippen LogP contribution is -2.23. The van der Waals surface area contributed by atoms with E-state index in [9.17, 15) is 14.9 Å². The molecule has 0 saturated heterocycles. The zero-order valence-electron chi connectivity index (χ0n) is 12.5. The van der Waals surface area contributed by atoms with Crippen molar-refractivity contribution in [1.29, 1.82) is 0 Å². The second kappa shape index (κ2) is 8.56. The van der Waals surface area contributed by atoms with Crippen molar-refractivity contribution in [2.24, 2.45) is 0 Å². The fourth-order valence-corrected chi connectivity index (χ4v) is 1.97. The third-order valence-corrected chi connectivity index (χ3v) is 3.23. The second-order valence-corrected chi connectivity index (χ2v) is 4.97. The molecule has 7 heteroatoms. The number of non-ortho nitro benzene ring substituents is 1. The summed E-state index contributed by atoms with van der Waals surface area (Å²) in [5.74, 6) is 5.58. The van der Waals surface area contributed by atoms with E-state index in [1.54, 1.807) is 24.3 Å². The van der Waals surface area contributed by atoms with Crippen LogP contribution in [0.2, 0.25) is 5.02 Å².